The maximum atomic E-state index is 12.9. The summed E-state index contributed by atoms with van der Waals surface area (Å²) in [6, 6.07) is 0.928. The molecule has 4 atom stereocenters. The van der Waals surface area contributed by atoms with Crippen molar-refractivity contribution in [1.82, 2.24) is 25.2 Å². The van der Waals surface area contributed by atoms with E-state index in [1.807, 2.05) is 4.68 Å². The lowest BCUT2D eigenvalue weighted by molar-refractivity contribution is -0.134. The molecule has 6 nitrogen and oxygen atoms in total. The number of hydrogen-bond acceptors (Lipinski definition) is 4. The van der Waals surface area contributed by atoms with Crippen LogP contribution in [0, 0.1) is 11.8 Å². The van der Waals surface area contributed by atoms with Crippen molar-refractivity contribution < 1.29 is 4.79 Å². The number of rotatable bonds is 7. The summed E-state index contributed by atoms with van der Waals surface area (Å²) in [6.07, 6.45) is 14.0. The lowest BCUT2D eigenvalue weighted by Crippen LogP contribution is -2.58. The van der Waals surface area contributed by atoms with E-state index < -0.39 is 0 Å². The van der Waals surface area contributed by atoms with Crippen molar-refractivity contribution in [2.75, 3.05) is 13.1 Å². The van der Waals surface area contributed by atoms with E-state index in [1.54, 1.807) is 0 Å². The lowest BCUT2D eigenvalue weighted by Gasteiger charge is -2.49. The molecule has 5 rings (SSSR count). The Bertz CT molecular complexity index is 624. The molecule has 3 saturated heterocycles. The summed E-state index contributed by atoms with van der Waals surface area (Å²) in [4.78, 5) is 15.4. The van der Waals surface area contributed by atoms with Crippen LogP contribution in [0.3, 0.4) is 0 Å². The molecular weight excluding hydrogens is 338 g/mol. The zero-order valence-electron chi connectivity index (χ0n) is 16.8. The first kappa shape index (κ1) is 18.9. The molecule has 1 unspecified atom stereocenters. The molecule has 4 heterocycles. The van der Waals surface area contributed by atoms with Gasteiger partial charge < -0.3 is 5.32 Å². The third-order valence-electron chi connectivity index (χ3n) is 6.94. The van der Waals surface area contributed by atoms with Gasteiger partial charge in [-0.1, -0.05) is 37.8 Å². The van der Waals surface area contributed by atoms with Crippen LogP contribution in [0.2, 0.25) is 0 Å². The summed E-state index contributed by atoms with van der Waals surface area (Å²) in [5.74, 6) is 1.04. The Morgan fingerprint density at radius 2 is 2.11 bits per heavy atom. The number of unbranched alkanes of at least 4 members (excludes halogenated alkanes) is 1. The molecule has 0 radical (unpaired) electrons. The Morgan fingerprint density at radius 3 is 2.85 bits per heavy atom. The molecule has 1 aromatic heterocycles. The van der Waals surface area contributed by atoms with E-state index >= 15 is 0 Å². The molecule has 3 aliphatic heterocycles. The van der Waals surface area contributed by atoms with Gasteiger partial charge in [0.2, 0.25) is 5.91 Å². The first-order valence-corrected chi connectivity index (χ1v) is 11.2. The summed E-state index contributed by atoms with van der Waals surface area (Å²) >= 11 is 0. The number of nitrogens with one attached hydrogen (secondary N) is 1. The molecule has 4 fully saturated rings. The quantitative estimate of drug-likeness (QED) is 0.798. The Hall–Kier alpha value is -1.43. The normalized spacial score (nSPS) is 31.1. The van der Waals surface area contributed by atoms with Crippen molar-refractivity contribution in [3.8, 4) is 0 Å². The van der Waals surface area contributed by atoms with E-state index in [4.69, 9.17) is 0 Å². The summed E-state index contributed by atoms with van der Waals surface area (Å²) in [5, 5.41) is 12.0. The maximum absolute atomic E-state index is 12.9. The summed E-state index contributed by atoms with van der Waals surface area (Å²) in [7, 11) is 0. The van der Waals surface area contributed by atoms with Crippen LogP contribution in [0.1, 0.15) is 70.4 Å². The van der Waals surface area contributed by atoms with Gasteiger partial charge in [0, 0.05) is 24.8 Å². The minimum Gasteiger partial charge on any atom is -0.353 e. The van der Waals surface area contributed by atoms with E-state index in [1.165, 1.54) is 51.4 Å². The number of aryl methyl sites for hydroxylation is 1. The number of aromatic nitrogens is 3. The number of nitrogens with zero attached hydrogens (tertiary/aromatic N) is 4. The molecule has 150 valence electrons. The minimum absolute atomic E-state index is 0.188. The highest BCUT2D eigenvalue weighted by Gasteiger charge is 2.43. The molecule has 2 bridgehead atoms. The molecule has 27 heavy (non-hydrogen) atoms. The van der Waals surface area contributed by atoms with Gasteiger partial charge in [-0.25, -0.2) is 0 Å². The molecule has 1 saturated carbocycles. The van der Waals surface area contributed by atoms with E-state index in [9.17, 15) is 4.79 Å². The van der Waals surface area contributed by atoms with Crippen molar-refractivity contribution in [2.24, 2.45) is 11.8 Å². The molecule has 1 amide bonds. The molecule has 0 aromatic carbocycles. The predicted molar refractivity (Wildman–Crippen MR) is 105 cm³/mol. The fourth-order valence-electron chi connectivity index (χ4n) is 5.30. The Morgan fingerprint density at radius 1 is 1.26 bits per heavy atom. The average molecular weight is 374 g/mol. The molecule has 0 spiro atoms. The molecule has 6 heteroatoms. The first-order valence-electron chi connectivity index (χ1n) is 11.2. The molecule has 4 aliphatic rings. The summed E-state index contributed by atoms with van der Waals surface area (Å²) < 4.78 is 2.02. The monoisotopic (exact) mass is 373 g/mol. The van der Waals surface area contributed by atoms with Crippen LogP contribution in [-0.2, 0) is 17.8 Å². The highest BCUT2D eigenvalue weighted by atomic mass is 16.2. The van der Waals surface area contributed by atoms with Gasteiger partial charge >= 0.3 is 0 Å². The van der Waals surface area contributed by atoms with Gasteiger partial charge in [0.05, 0.1) is 18.2 Å². The van der Waals surface area contributed by atoms with E-state index in [0.29, 0.717) is 23.9 Å². The summed E-state index contributed by atoms with van der Waals surface area (Å²) in [5.41, 5.74) is 1.11. The Labute approximate surface area is 163 Å². The van der Waals surface area contributed by atoms with Crippen LogP contribution in [0.5, 0.6) is 0 Å². The largest absolute Gasteiger partial charge is 0.353 e. The van der Waals surface area contributed by atoms with Crippen molar-refractivity contribution in [2.45, 2.75) is 89.8 Å². The van der Waals surface area contributed by atoms with Crippen LogP contribution >= 0.6 is 0 Å². The third kappa shape index (κ3) is 4.53. The van der Waals surface area contributed by atoms with E-state index in [0.717, 1.165) is 38.2 Å². The molecule has 1 aliphatic carbocycles. The Balaban J connectivity index is 1.30. The fraction of sp³-hybridized carbons (Fsp3) is 0.857. The van der Waals surface area contributed by atoms with E-state index in [2.05, 4.69) is 33.6 Å². The van der Waals surface area contributed by atoms with Crippen LogP contribution in [-0.4, -0.2) is 51.0 Å². The van der Waals surface area contributed by atoms with Crippen molar-refractivity contribution in [3.63, 3.8) is 0 Å². The predicted octanol–water partition coefficient (Wildman–Crippen LogP) is 2.78. The molecule has 1 N–H and O–H groups in total. The number of amides is 1. The zero-order chi connectivity index (χ0) is 18.6. The van der Waals surface area contributed by atoms with Crippen LogP contribution < -0.4 is 5.32 Å². The molecular formula is C21H35N5O. The van der Waals surface area contributed by atoms with Crippen LogP contribution in [0.4, 0.5) is 0 Å². The van der Waals surface area contributed by atoms with Gasteiger partial charge in [0.1, 0.15) is 0 Å². The minimum atomic E-state index is 0.188. The third-order valence-corrected chi connectivity index (χ3v) is 6.94. The fourth-order valence-corrected chi connectivity index (χ4v) is 5.30. The smallest absolute Gasteiger partial charge is 0.224 e. The van der Waals surface area contributed by atoms with Gasteiger partial charge in [-0.05, 0) is 51.0 Å². The second-order valence-corrected chi connectivity index (χ2v) is 8.92. The standard InChI is InChI=1S/C21H35N5O/c1-2-3-7-18-13-26(24-23-18)14-19-12-16-10-11-25(19)15-20(16)21(27)22-17-8-5-4-6-9-17/h13,16-17,19-20H,2-12,14-15H2,1H3,(H,22,27)/t16-,19-,20-/m0/s1. The topological polar surface area (TPSA) is 63.1 Å². The SMILES string of the molecule is CCCCc1cn(C[C@@H]2C[C@@H]3CCN2C[C@@H]3C(=O)NC2CCCCC2)nn1. The van der Waals surface area contributed by atoms with Crippen molar-refractivity contribution in [1.29, 1.82) is 0 Å². The van der Waals surface area contributed by atoms with Gasteiger partial charge in [-0.2, -0.15) is 0 Å². The number of carbonyl (C=O) groups is 1. The number of fused-ring (bicyclic) bond motifs is 3. The number of hydrogen-bond donors (Lipinski definition) is 1. The van der Waals surface area contributed by atoms with Crippen molar-refractivity contribution >= 4 is 5.91 Å². The van der Waals surface area contributed by atoms with Gasteiger partial charge in [-0.15, -0.1) is 5.10 Å². The molecule has 1 aromatic rings. The van der Waals surface area contributed by atoms with Crippen LogP contribution in [0.15, 0.2) is 6.20 Å². The second kappa shape index (κ2) is 8.72. The highest BCUT2D eigenvalue weighted by molar-refractivity contribution is 5.79. The Kier molecular flexibility index (Phi) is 6.11. The van der Waals surface area contributed by atoms with Crippen molar-refractivity contribution in [3.05, 3.63) is 11.9 Å². The van der Waals surface area contributed by atoms with Gasteiger partial charge in [0.15, 0.2) is 0 Å². The van der Waals surface area contributed by atoms with Gasteiger partial charge in [0.25, 0.3) is 0 Å². The highest BCUT2D eigenvalue weighted by Crippen LogP contribution is 2.37. The average Bonchev–Trinajstić information content (AvgIpc) is 3.15. The number of carbonyl (C=O) groups excluding carboxylic acids is 1. The zero-order valence-corrected chi connectivity index (χ0v) is 16.8. The van der Waals surface area contributed by atoms with Crippen LogP contribution in [0.25, 0.3) is 0 Å². The lowest BCUT2D eigenvalue weighted by atomic mass is 9.75. The first-order chi connectivity index (χ1) is 13.2. The second-order valence-electron chi connectivity index (χ2n) is 8.92. The maximum Gasteiger partial charge on any atom is 0.224 e. The summed E-state index contributed by atoms with van der Waals surface area (Å²) in [6.45, 7) is 5.16. The van der Waals surface area contributed by atoms with E-state index in [-0.39, 0.29) is 5.92 Å². The van der Waals surface area contributed by atoms with Gasteiger partial charge in [-0.3, -0.25) is 14.4 Å². The number of piperidine rings is 3.